The lowest BCUT2D eigenvalue weighted by atomic mass is 10.1. The first-order valence-electron chi connectivity index (χ1n) is 9.98. The van der Waals surface area contributed by atoms with Crippen LogP contribution >= 0.6 is 0 Å². The van der Waals surface area contributed by atoms with Crippen molar-refractivity contribution in [2.45, 2.75) is 6.54 Å². The number of carbonyl (C=O) groups is 2. The summed E-state index contributed by atoms with van der Waals surface area (Å²) < 4.78 is 21.6. The van der Waals surface area contributed by atoms with Gasteiger partial charge in [0.1, 0.15) is 19.0 Å². The molecule has 3 aromatic rings. The van der Waals surface area contributed by atoms with E-state index in [1.165, 1.54) is 4.90 Å². The molecule has 0 aromatic heterocycles. The van der Waals surface area contributed by atoms with E-state index < -0.39 is 5.97 Å². The highest BCUT2D eigenvalue weighted by molar-refractivity contribution is 5.84. The fourth-order valence-corrected chi connectivity index (χ4v) is 3.24. The highest BCUT2D eigenvalue weighted by atomic mass is 16.6. The molecule has 31 heavy (non-hydrogen) atoms. The Morgan fingerprint density at radius 2 is 1.68 bits per heavy atom. The van der Waals surface area contributed by atoms with Crippen molar-refractivity contribution in [3.8, 4) is 17.2 Å². The van der Waals surface area contributed by atoms with Gasteiger partial charge in [-0.1, -0.05) is 36.4 Å². The number of amides is 1. The van der Waals surface area contributed by atoms with Gasteiger partial charge in [-0.05, 0) is 40.6 Å². The molecule has 1 amide bonds. The fraction of sp³-hybridized carbons (Fsp3) is 0.250. The second kappa shape index (κ2) is 9.38. The predicted molar refractivity (Wildman–Crippen MR) is 114 cm³/mol. The fourth-order valence-electron chi connectivity index (χ4n) is 3.24. The molecule has 0 radical (unpaired) electrons. The number of benzene rings is 3. The van der Waals surface area contributed by atoms with Gasteiger partial charge in [-0.15, -0.1) is 0 Å². The van der Waals surface area contributed by atoms with Gasteiger partial charge in [0.2, 0.25) is 0 Å². The van der Waals surface area contributed by atoms with Crippen LogP contribution in [0, 0.1) is 0 Å². The molecule has 3 aromatic carbocycles. The van der Waals surface area contributed by atoms with E-state index in [9.17, 15) is 9.59 Å². The van der Waals surface area contributed by atoms with Crippen LogP contribution in [0.15, 0.2) is 60.7 Å². The molecule has 0 spiro atoms. The third-order valence-corrected chi connectivity index (χ3v) is 4.89. The average Bonchev–Trinajstić information content (AvgIpc) is 2.81. The van der Waals surface area contributed by atoms with Crippen molar-refractivity contribution < 1.29 is 28.5 Å². The summed E-state index contributed by atoms with van der Waals surface area (Å²) in [5, 5.41) is 2.10. The molecule has 0 aliphatic carbocycles. The number of likely N-dealkylation sites (N-methyl/N-ethyl adjacent to an activating group) is 1. The van der Waals surface area contributed by atoms with Crippen molar-refractivity contribution in [2.24, 2.45) is 0 Å². The highest BCUT2D eigenvalue weighted by Gasteiger charge is 2.16. The summed E-state index contributed by atoms with van der Waals surface area (Å²) in [6.07, 6.45) is 0. The number of hydrogen-bond acceptors (Lipinski definition) is 6. The van der Waals surface area contributed by atoms with Crippen LogP contribution < -0.4 is 14.2 Å². The first-order valence-corrected chi connectivity index (χ1v) is 9.98. The molecule has 1 aliphatic rings. The summed E-state index contributed by atoms with van der Waals surface area (Å²) in [5.74, 6) is 1.02. The molecule has 0 atom stereocenters. The summed E-state index contributed by atoms with van der Waals surface area (Å²) in [4.78, 5) is 25.8. The van der Waals surface area contributed by atoms with Gasteiger partial charge in [-0.25, -0.2) is 4.79 Å². The van der Waals surface area contributed by atoms with E-state index in [0.717, 1.165) is 16.3 Å². The number of hydrogen-bond donors (Lipinski definition) is 0. The maximum absolute atomic E-state index is 12.3. The monoisotopic (exact) mass is 421 g/mol. The van der Waals surface area contributed by atoms with Crippen LogP contribution in [-0.2, 0) is 20.9 Å². The molecule has 0 fully saturated rings. The Morgan fingerprint density at radius 1 is 0.903 bits per heavy atom. The first-order chi connectivity index (χ1) is 15.1. The minimum Gasteiger partial charge on any atom is -0.486 e. The van der Waals surface area contributed by atoms with E-state index in [1.54, 1.807) is 13.1 Å². The zero-order valence-corrected chi connectivity index (χ0v) is 17.2. The normalized spacial score (nSPS) is 12.3. The van der Waals surface area contributed by atoms with Crippen molar-refractivity contribution in [2.75, 3.05) is 33.5 Å². The first kappa shape index (κ1) is 20.5. The molecule has 1 aliphatic heterocycles. The van der Waals surface area contributed by atoms with Gasteiger partial charge >= 0.3 is 5.97 Å². The van der Waals surface area contributed by atoms with Crippen LogP contribution in [0.4, 0.5) is 0 Å². The second-order valence-electron chi connectivity index (χ2n) is 7.19. The average molecular weight is 421 g/mol. The summed E-state index contributed by atoms with van der Waals surface area (Å²) in [6, 6.07) is 19.0. The van der Waals surface area contributed by atoms with E-state index in [-0.39, 0.29) is 19.1 Å². The van der Waals surface area contributed by atoms with Crippen LogP contribution in [0.2, 0.25) is 0 Å². The third kappa shape index (κ3) is 5.25. The quantitative estimate of drug-likeness (QED) is 0.546. The maximum atomic E-state index is 12.3. The van der Waals surface area contributed by atoms with Gasteiger partial charge in [0, 0.05) is 13.6 Å². The topological polar surface area (TPSA) is 74.3 Å². The molecule has 4 rings (SSSR count). The molecule has 7 nitrogen and oxygen atoms in total. The molecule has 0 unspecified atom stereocenters. The van der Waals surface area contributed by atoms with Crippen LogP contribution in [0.1, 0.15) is 5.56 Å². The lowest BCUT2D eigenvalue weighted by molar-refractivity contribution is -0.153. The van der Waals surface area contributed by atoms with E-state index in [1.807, 2.05) is 54.6 Å². The Bertz CT molecular complexity index is 1100. The van der Waals surface area contributed by atoms with Crippen LogP contribution in [0.25, 0.3) is 10.8 Å². The van der Waals surface area contributed by atoms with E-state index in [2.05, 4.69) is 0 Å². The van der Waals surface area contributed by atoms with Gasteiger partial charge in [-0.3, -0.25) is 4.79 Å². The van der Waals surface area contributed by atoms with Crippen LogP contribution in [0.3, 0.4) is 0 Å². The highest BCUT2D eigenvalue weighted by Crippen LogP contribution is 2.31. The Kier molecular flexibility index (Phi) is 6.21. The lowest BCUT2D eigenvalue weighted by Crippen LogP contribution is -2.31. The number of fused-ring (bicyclic) bond motifs is 2. The van der Waals surface area contributed by atoms with Gasteiger partial charge < -0.3 is 23.8 Å². The number of esters is 1. The van der Waals surface area contributed by atoms with Crippen LogP contribution in [-0.4, -0.2) is 50.3 Å². The zero-order chi connectivity index (χ0) is 21.6. The maximum Gasteiger partial charge on any atom is 0.344 e. The Labute approximate surface area is 180 Å². The van der Waals surface area contributed by atoms with E-state index >= 15 is 0 Å². The van der Waals surface area contributed by atoms with Crippen molar-refractivity contribution in [1.82, 2.24) is 4.90 Å². The number of ether oxygens (including phenoxy) is 4. The molecular weight excluding hydrogens is 398 g/mol. The largest absolute Gasteiger partial charge is 0.486 e. The molecule has 0 bridgehead atoms. The van der Waals surface area contributed by atoms with Crippen molar-refractivity contribution in [1.29, 1.82) is 0 Å². The summed E-state index contributed by atoms with van der Waals surface area (Å²) in [5.41, 5.74) is 0.895. The van der Waals surface area contributed by atoms with Gasteiger partial charge in [0.15, 0.2) is 24.7 Å². The van der Waals surface area contributed by atoms with Crippen molar-refractivity contribution >= 4 is 22.6 Å². The zero-order valence-electron chi connectivity index (χ0n) is 17.2. The minimum atomic E-state index is -0.603. The Morgan fingerprint density at radius 3 is 2.52 bits per heavy atom. The number of carbonyl (C=O) groups excluding carboxylic acids is 2. The molecule has 0 saturated carbocycles. The molecule has 0 saturated heterocycles. The molecule has 1 heterocycles. The lowest BCUT2D eigenvalue weighted by Gasteiger charge is -2.21. The Balaban J connectivity index is 1.23. The predicted octanol–water partition coefficient (Wildman–Crippen LogP) is 3.19. The minimum absolute atomic E-state index is 0.266. The molecule has 0 N–H and O–H groups in total. The molecule has 7 heteroatoms. The third-order valence-electron chi connectivity index (χ3n) is 4.89. The summed E-state index contributed by atoms with van der Waals surface area (Å²) in [6.45, 7) is 0.780. The molecular formula is C24H23NO6. The van der Waals surface area contributed by atoms with E-state index in [0.29, 0.717) is 37.0 Å². The van der Waals surface area contributed by atoms with Crippen LogP contribution in [0.5, 0.6) is 17.2 Å². The van der Waals surface area contributed by atoms with Gasteiger partial charge in [0.05, 0.1) is 0 Å². The molecule has 160 valence electrons. The summed E-state index contributed by atoms with van der Waals surface area (Å²) in [7, 11) is 1.65. The SMILES string of the molecule is CN(Cc1ccc2c(c1)OCCO2)C(=O)COC(=O)COc1ccc2ccccc2c1. The standard InChI is InChI=1S/C24H23NO6/c1-25(14-17-6-9-21-22(12-17)29-11-10-28-21)23(26)15-31-24(27)16-30-20-8-7-18-4-2-3-5-19(18)13-20/h2-9,12-13H,10-11,14-16H2,1H3. The van der Waals surface area contributed by atoms with Crippen molar-refractivity contribution in [3.63, 3.8) is 0 Å². The van der Waals surface area contributed by atoms with Crippen molar-refractivity contribution in [3.05, 3.63) is 66.2 Å². The smallest absolute Gasteiger partial charge is 0.344 e. The van der Waals surface area contributed by atoms with Gasteiger partial charge in [0.25, 0.3) is 5.91 Å². The second-order valence-corrected chi connectivity index (χ2v) is 7.19. The number of nitrogens with zero attached hydrogens (tertiary/aromatic N) is 1. The van der Waals surface area contributed by atoms with Gasteiger partial charge in [-0.2, -0.15) is 0 Å². The Hall–Kier alpha value is -3.74. The number of rotatable bonds is 7. The summed E-state index contributed by atoms with van der Waals surface area (Å²) >= 11 is 0. The van der Waals surface area contributed by atoms with E-state index in [4.69, 9.17) is 18.9 Å².